The van der Waals surface area contributed by atoms with Gasteiger partial charge in [0, 0.05) is 6.20 Å². The molecule has 0 aromatic carbocycles. The lowest BCUT2D eigenvalue weighted by atomic mass is 10.1. The molecule has 92 valence electrons. The van der Waals surface area contributed by atoms with Crippen LogP contribution >= 0.6 is 0 Å². The summed E-state index contributed by atoms with van der Waals surface area (Å²) in [6, 6.07) is 0. The van der Waals surface area contributed by atoms with Gasteiger partial charge in [-0.05, 0) is 26.7 Å². The number of alkyl halides is 3. The summed E-state index contributed by atoms with van der Waals surface area (Å²) in [7, 11) is 0. The van der Waals surface area contributed by atoms with Crippen LogP contribution in [0.25, 0.3) is 0 Å². The van der Waals surface area contributed by atoms with Crippen LogP contribution in [0.4, 0.5) is 13.2 Å². The van der Waals surface area contributed by atoms with Crippen LogP contribution in [-0.4, -0.2) is 9.78 Å². The maximum absolute atomic E-state index is 12.8. The topological polar surface area (TPSA) is 17.8 Å². The quantitative estimate of drug-likeness (QED) is 0.723. The third-order valence-corrected chi connectivity index (χ3v) is 2.28. The molecular weight excluding hydrogens is 217 g/mol. The number of aromatic nitrogens is 2. The first-order chi connectivity index (χ1) is 7.03. The summed E-state index contributed by atoms with van der Waals surface area (Å²) in [5, 5.41) is 4.04. The Balaban J connectivity index is 3.32. The lowest BCUT2D eigenvalue weighted by Crippen LogP contribution is -2.22. The molecule has 0 unspecified atom stereocenters. The first-order valence-corrected chi connectivity index (χ1v) is 5.20. The summed E-state index contributed by atoms with van der Waals surface area (Å²) in [4.78, 5) is 0. The van der Waals surface area contributed by atoms with Crippen molar-refractivity contribution in [3.8, 4) is 0 Å². The van der Waals surface area contributed by atoms with Crippen molar-refractivity contribution in [1.82, 2.24) is 9.78 Å². The minimum Gasteiger partial charge on any atom is -0.267 e. The van der Waals surface area contributed by atoms with Crippen molar-refractivity contribution in [2.45, 2.75) is 52.3 Å². The van der Waals surface area contributed by atoms with Gasteiger partial charge < -0.3 is 0 Å². The highest BCUT2D eigenvalue weighted by Gasteiger charge is 2.37. The number of nitrogens with zero attached hydrogens (tertiary/aromatic N) is 2. The molecule has 0 aliphatic rings. The van der Waals surface area contributed by atoms with E-state index in [4.69, 9.17) is 0 Å². The molecule has 2 nitrogen and oxygen atoms in total. The molecule has 0 amide bonds. The summed E-state index contributed by atoms with van der Waals surface area (Å²) in [6.45, 7) is 8.90. The highest BCUT2D eigenvalue weighted by atomic mass is 19.4. The Morgan fingerprint density at radius 1 is 1.19 bits per heavy atom. The Labute approximate surface area is 93.5 Å². The van der Waals surface area contributed by atoms with Crippen molar-refractivity contribution in [2.24, 2.45) is 0 Å². The van der Waals surface area contributed by atoms with Gasteiger partial charge in [0.2, 0.25) is 0 Å². The van der Waals surface area contributed by atoms with Gasteiger partial charge in [-0.25, -0.2) is 0 Å². The van der Waals surface area contributed by atoms with Crippen molar-refractivity contribution in [1.29, 1.82) is 0 Å². The van der Waals surface area contributed by atoms with Crippen LogP contribution in [0.3, 0.4) is 0 Å². The molecular formula is C11H17F3N2. The summed E-state index contributed by atoms with van der Waals surface area (Å²) in [6.07, 6.45) is -3.24. The third kappa shape index (κ3) is 2.57. The third-order valence-electron chi connectivity index (χ3n) is 2.28. The minimum absolute atomic E-state index is 0.113. The van der Waals surface area contributed by atoms with Gasteiger partial charge in [-0.1, -0.05) is 13.8 Å². The zero-order valence-electron chi connectivity index (χ0n) is 10.2. The molecule has 0 saturated heterocycles. The second-order valence-corrected chi connectivity index (χ2v) is 5.20. The predicted octanol–water partition coefficient (Wildman–Crippen LogP) is 3.78. The van der Waals surface area contributed by atoms with Crippen LogP contribution in [0.1, 0.15) is 51.8 Å². The molecule has 1 aromatic heterocycles. The van der Waals surface area contributed by atoms with Crippen molar-refractivity contribution in [3.05, 3.63) is 17.5 Å². The van der Waals surface area contributed by atoms with E-state index in [1.54, 1.807) is 13.8 Å². The van der Waals surface area contributed by atoms with Gasteiger partial charge in [0.25, 0.3) is 0 Å². The second-order valence-electron chi connectivity index (χ2n) is 5.20. The van der Waals surface area contributed by atoms with E-state index in [0.717, 1.165) is 6.20 Å². The zero-order chi connectivity index (χ0) is 12.7. The standard InChI is InChI=1S/C11H17F3N2/c1-7(2)9-8(11(12,13)14)6-16(15-9)10(3,4)5/h6-7H,1-5H3. The number of hydrogen-bond donors (Lipinski definition) is 0. The molecule has 1 heterocycles. The van der Waals surface area contributed by atoms with Crippen molar-refractivity contribution in [3.63, 3.8) is 0 Å². The van der Waals surface area contributed by atoms with Crippen LogP contribution in [-0.2, 0) is 11.7 Å². The Bertz CT molecular complexity index is 370. The smallest absolute Gasteiger partial charge is 0.267 e. The molecule has 0 aliphatic heterocycles. The van der Waals surface area contributed by atoms with Gasteiger partial charge in [0.05, 0.1) is 16.8 Å². The van der Waals surface area contributed by atoms with Crippen LogP contribution in [0, 0.1) is 0 Å². The molecule has 1 aromatic rings. The fraction of sp³-hybridized carbons (Fsp3) is 0.727. The molecule has 0 N–H and O–H groups in total. The van der Waals surface area contributed by atoms with Crippen LogP contribution in [0.5, 0.6) is 0 Å². The van der Waals surface area contributed by atoms with Gasteiger partial charge in [0.15, 0.2) is 0 Å². The molecule has 1 rings (SSSR count). The molecule has 0 spiro atoms. The minimum atomic E-state index is -4.33. The Kier molecular flexibility index (Phi) is 3.09. The zero-order valence-corrected chi connectivity index (χ0v) is 10.2. The molecule has 0 fully saturated rings. The van der Waals surface area contributed by atoms with Crippen LogP contribution < -0.4 is 0 Å². The summed E-state index contributed by atoms with van der Waals surface area (Å²) in [5.41, 5.74) is -0.951. The van der Waals surface area contributed by atoms with E-state index in [-0.39, 0.29) is 11.6 Å². The highest BCUT2D eigenvalue weighted by Crippen LogP contribution is 2.35. The molecule has 16 heavy (non-hydrogen) atoms. The van der Waals surface area contributed by atoms with Gasteiger partial charge in [-0.2, -0.15) is 18.3 Å². The maximum atomic E-state index is 12.8. The van der Waals surface area contributed by atoms with E-state index in [0.29, 0.717) is 0 Å². The van der Waals surface area contributed by atoms with Crippen molar-refractivity contribution in [2.75, 3.05) is 0 Å². The maximum Gasteiger partial charge on any atom is 0.419 e. The van der Waals surface area contributed by atoms with E-state index < -0.39 is 17.3 Å². The van der Waals surface area contributed by atoms with E-state index in [9.17, 15) is 13.2 Å². The summed E-state index contributed by atoms with van der Waals surface area (Å²) >= 11 is 0. The lowest BCUT2D eigenvalue weighted by Gasteiger charge is -2.19. The summed E-state index contributed by atoms with van der Waals surface area (Å²) in [5.74, 6) is -0.236. The lowest BCUT2D eigenvalue weighted by molar-refractivity contribution is -0.138. The monoisotopic (exact) mass is 234 g/mol. The number of rotatable bonds is 1. The van der Waals surface area contributed by atoms with E-state index in [1.807, 2.05) is 20.8 Å². The Morgan fingerprint density at radius 2 is 1.69 bits per heavy atom. The molecule has 5 heteroatoms. The van der Waals surface area contributed by atoms with Gasteiger partial charge >= 0.3 is 6.18 Å². The molecule has 0 saturated carbocycles. The fourth-order valence-electron chi connectivity index (χ4n) is 1.38. The first-order valence-electron chi connectivity index (χ1n) is 5.20. The van der Waals surface area contributed by atoms with Crippen molar-refractivity contribution >= 4 is 0 Å². The first kappa shape index (κ1) is 13.1. The average molecular weight is 234 g/mol. The molecule has 0 radical (unpaired) electrons. The van der Waals surface area contributed by atoms with E-state index in [1.165, 1.54) is 4.68 Å². The molecule has 0 bridgehead atoms. The average Bonchev–Trinajstić information content (AvgIpc) is 2.44. The normalized spacial score (nSPS) is 13.6. The SMILES string of the molecule is CC(C)c1nn(C(C)(C)C)cc1C(F)(F)F. The largest absolute Gasteiger partial charge is 0.419 e. The van der Waals surface area contributed by atoms with Gasteiger partial charge in [-0.15, -0.1) is 0 Å². The Morgan fingerprint density at radius 3 is 1.94 bits per heavy atom. The fourth-order valence-corrected chi connectivity index (χ4v) is 1.38. The second kappa shape index (κ2) is 3.79. The predicted molar refractivity (Wildman–Crippen MR) is 56.3 cm³/mol. The van der Waals surface area contributed by atoms with Gasteiger partial charge in [-0.3, -0.25) is 4.68 Å². The molecule has 0 atom stereocenters. The highest BCUT2D eigenvalue weighted by molar-refractivity contribution is 5.24. The molecule has 0 aliphatic carbocycles. The Hall–Kier alpha value is -1.00. The van der Waals surface area contributed by atoms with Crippen LogP contribution in [0.15, 0.2) is 6.20 Å². The van der Waals surface area contributed by atoms with E-state index >= 15 is 0 Å². The number of halogens is 3. The van der Waals surface area contributed by atoms with Gasteiger partial charge in [0.1, 0.15) is 0 Å². The number of hydrogen-bond acceptors (Lipinski definition) is 1. The van der Waals surface area contributed by atoms with Crippen LogP contribution in [0.2, 0.25) is 0 Å². The van der Waals surface area contributed by atoms with Crippen molar-refractivity contribution < 1.29 is 13.2 Å². The summed E-state index contributed by atoms with van der Waals surface area (Å²) < 4.78 is 39.7. The van der Waals surface area contributed by atoms with E-state index in [2.05, 4.69) is 5.10 Å².